The molecular weight excluding hydrogens is 196 g/mol. The summed E-state index contributed by atoms with van der Waals surface area (Å²) in [6.45, 7) is 5.05. The van der Waals surface area contributed by atoms with Crippen molar-refractivity contribution in [2.75, 3.05) is 20.1 Å². The SMILES string of the molecule is CN(CC(C)(C)CN)C(=O)c1nn[nH]n1. The molecular formula is C8H16N6O. The van der Waals surface area contributed by atoms with Crippen LogP contribution in [0.4, 0.5) is 0 Å². The van der Waals surface area contributed by atoms with Crippen molar-refractivity contribution in [3.05, 3.63) is 5.82 Å². The van der Waals surface area contributed by atoms with Gasteiger partial charge in [-0.1, -0.05) is 13.8 Å². The van der Waals surface area contributed by atoms with Gasteiger partial charge in [0.25, 0.3) is 11.7 Å². The first-order valence-electron chi connectivity index (χ1n) is 4.65. The first-order chi connectivity index (χ1) is 6.96. The number of aromatic amines is 1. The molecule has 0 aliphatic heterocycles. The minimum Gasteiger partial charge on any atom is -0.338 e. The van der Waals surface area contributed by atoms with Crippen LogP contribution in [0, 0.1) is 5.41 Å². The van der Waals surface area contributed by atoms with E-state index < -0.39 is 0 Å². The van der Waals surface area contributed by atoms with Crippen LogP contribution >= 0.6 is 0 Å². The molecule has 0 fully saturated rings. The molecule has 0 aliphatic rings. The molecule has 0 saturated heterocycles. The molecule has 1 aromatic rings. The number of H-pyrrole nitrogens is 1. The van der Waals surface area contributed by atoms with Crippen LogP contribution in [0.15, 0.2) is 0 Å². The van der Waals surface area contributed by atoms with E-state index in [1.807, 2.05) is 13.8 Å². The molecule has 7 nitrogen and oxygen atoms in total. The van der Waals surface area contributed by atoms with E-state index in [9.17, 15) is 4.79 Å². The molecule has 0 saturated carbocycles. The highest BCUT2D eigenvalue weighted by molar-refractivity contribution is 5.89. The Morgan fingerprint density at radius 1 is 1.60 bits per heavy atom. The average Bonchev–Trinajstić information content (AvgIpc) is 2.68. The van der Waals surface area contributed by atoms with E-state index >= 15 is 0 Å². The number of nitrogens with one attached hydrogen (secondary N) is 1. The zero-order chi connectivity index (χ0) is 11.5. The highest BCUT2D eigenvalue weighted by atomic mass is 16.2. The first kappa shape index (κ1) is 11.6. The van der Waals surface area contributed by atoms with Gasteiger partial charge in [0, 0.05) is 13.6 Å². The lowest BCUT2D eigenvalue weighted by molar-refractivity contribution is 0.0728. The van der Waals surface area contributed by atoms with Crippen LogP contribution in [0.25, 0.3) is 0 Å². The molecule has 0 radical (unpaired) electrons. The smallest absolute Gasteiger partial charge is 0.295 e. The minimum absolute atomic E-state index is 0.0744. The van der Waals surface area contributed by atoms with Gasteiger partial charge in [0.2, 0.25) is 0 Å². The summed E-state index contributed by atoms with van der Waals surface area (Å²) in [4.78, 5) is 13.2. The lowest BCUT2D eigenvalue weighted by Crippen LogP contribution is -2.40. The fraction of sp³-hybridized carbons (Fsp3) is 0.750. The minimum atomic E-state index is -0.259. The number of nitrogens with zero attached hydrogens (tertiary/aromatic N) is 4. The molecule has 1 amide bonds. The Balaban J connectivity index is 2.62. The third-order valence-electron chi connectivity index (χ3n) is 2.10. The summed E-state index contributed by atoms with van der Waals surface area (Å²) in [6.07, 6.45) is 0. The van der Waals surface area contributed by atoms with E-state index in [0.29, 0.717) is 13.1 Å². The number of nitrogens with two attached hydrogens (primary N) is 1. The van der Waals surface area contributed by atoms with Crippen molar-refractivity contribution in [3.63, 3.8) is 0 Å². The number of hydrogen-bond donors (Lipinski definition) is 2. The fourth-order valence-corrected chi connectivity index (χ4v) is 1.20. The van der Waals surface area contributed by atoms with Crippen LogP contribution in [-0.2, 0) is 0 Å². The van der Waals surface area contributed by atoms with Crippen LogP contribution in [0.2, 0.25) is 0 Å². The Hall–Kier alpha value is -1.50. The Kier molecular flexibility index (Phi) is 3.35. The Labute approximate surface area is 88.0 Å². The normalized spacial score (nSPS) is 11.5. The van der Waals surface area contributed by atoms with Gasteiger partial charge in [-0.25, -0.2) is 0 Å². The van der Waals surface area contributed by atoms with Crippen LogP contribution in [-0.4, -0.2) is 51.6 Å². The van der Waals surface area contributed by atoms with Gasteiger partial charge in [0.15, 0.2) is 0 Å². The summed E-state index contributed by atoms with van der Waals surface area (Å²) < 4.78 is 0. The summed E-state index contributed by atoms with van der Waals surface area (Å²) in [5, 5.41) is 12.8. The summed E-state index contributed by atoms with van der Waals surface area (Å²) in [7, 11) is 1.69. The van der Waals surface area contributed by atoms with E-state index in [2.05, 4.69) is 20.6 Å². The molecule has 1 aromatic heterocycles. The van der Waals surface area contributed by atoms with Crippen molar-refractivity contribution in [1.29, 1.82) is 0 Å². The van der Waals surface area contributed by atoms with Crippen molar-refractivity contribution in [2.45, 2.75) is 13.8 Å². The molecule has 0 atom stereocenters. The highest BCUT2D eigenvalue weighted by Gasteiger charge is 2.23. The zero-order valence-corrected chi connectivity index (χ0v) is 9.19. The molecule has 1 heterocycles. The maximum Gasteiger partial charge on any atom is 0.295 e. The summed E-state index contributed by atoms with van der Waals surface area (Å²) in [5.41, 5.74) is 5.47. The van der Waals surface area contributed by atoms with Crippen molar-refractivity contribution in [1.82, 2.24) is 25.5 Å². The molecule has 84 valence electrons. The maximum absolute atomic E-state index is 11.7. The Bertz CT molecular complexity index is 320. The molecule has 15 heavy (non-hydrogen) atoms. The van der Waals surface area contributed by atoms with E-state index in [4.69, 9.17) is 5.73 Å². The van der Waals surface area contributed by atoms with Gasteiger partial charge < -0.3 is 10.6 Å². The number of carbonyl (C=O) groups excluding carboxylic acids is 1. The second-order valence-corrected chi connectivity index (χ2v) is 4.26. The van der Waals surface area contributed by atoms with Gasteiger partial charge in [-0.05, 0) is 17.2 Å². The molecule has 3 N–H and O–H groups in total. The topological polar surface area (TPSA) is 101 Å². The standard InChI is InChI=1S/C8H16N6O/c1-8(2,4-9)5-14(3)7(15)6-10-12-13-11-6/h4-5,9H2,1-3H3,(H,10,11,12,13). The maximum atomic E-state index is 11.7. The highest BCUT2D eigenvalue weighted by Crippen LogP contribution is 2.14. The second-order valence-electron chi connectivity index (χ2n) is 4.26. The first-order valence-corrected chi connectivity index (χ1v) is 4.65. The summed E-state index contributed by atoms with van der Waals surface area (Å²) in [6, 6.07) is 0. The number of carbonyl (C=O) groups is 1. The van der Waals surface area contributed by atoms with Gasteiger partial charge in [-0.15, -0.1) is 10.2 Å². The van der Waals surface area contributed by atoms with Gasteiger partial charge in [-0.3, -0.25) is 4.79 Å². The van der Waals surface area contributed by atoms with Crippen molar-refractivity contribution >= 4 is 5.91 Å². The molecule has 0 spiro atoms. The Morgan fingerprint density at radius 3 is 2.73 bits per heavy atom. The molecule has 0 unspecified atom stereocenters. The number of amides is 1. The number of aromatic nitrogens is 4. The van der Waals surface area contributed by atoms with Crippen LogP contribution < -0.4 is 5.73 Å². The number of rotatable bonds is 4. The van der Waals surface area contributed by atoms with Crippen molar-refractivity contribution in [3.8, 4) is 0 Å². The van der Waals surface area contributed by atoms with E-state index in [0.717, 1.165) is 0 Å². The van der Waals surface area contributed by atoms with Crippen molar-refractivity contribution in [2.24, 2.45) is 11.1 Å². The van der Waals surface area contributed by atoms with Crippen molar-refractivity contribution < 1.29 is 4.79 Å². The summed E-state index contributed by atoms with van der Waals surface area (Å²) >= 11 is 0. The molecule has 7 heteroatoms. The van der Waals surface area contributed by atoms with Gasteiger partial charge in [0.05, 0.1) is 0 Å². The fourth-order valence-electron chi connectivity index (χ4n) is 1.20. The zero-order valence-electron chi connectivity index (χ0n) is 9.19. The summed E-state index contributed by atoms with van der Waals surface area (Å²) in [5.74, 6) is -0.185. The van der Waals surface area contributed by atoms with Gasteiger partial charge in [0.1, 0.15) is 0 Å². The number of hydrogen-bond acceptors (Lipinski definition) is 5. The second kappa shape index (κ2) is 4.35. The molecule has 1 rings (SSSR count). The predicted molar refractivity (Wildman–Crippen MR) is 54.0 cm³/mol. The average molecular weight is 212 g/mol. The Morgan fingerprint density at radius 2 is 2.27 bits per heavy atom. The molecule has 0 aliphatic carbocycles. The van der Waals surface area contributed by atoms with Gasteiger partial charge in [-0.2, -0.15) is 5.21 Å². The van der Waals surface area contributed by atoms with Crippen LogP contribution in [0.5, 0.6) is 0 Å². The molecule has 0 aromatic carbocycles. The lowest BCUT2D eigenvalue weighted by Gasteiger charge is -2.28. The van der Waals surface area contributed by atoms with E-state index in [1.165, 1.54) is 4.90 Å². The van der Waals surface area contributed by atoms with E-state index in [1.54, 1.807) is 7.05 Å². The third-order valence-corrected chi connectivity index (χ3v) is 2.10. The number of tetrazole rings is 1. The van der Waals surface area contributed by atoms with Gasteiger partial charge >= 0.3 is 0 Å². The largest absolute Gasteiger partial charge is 0.338 e. The monoisotopic (exact) mass is 212 g/mol. The quantitative estimate of drug-likeness (QED) is 0.684. The molecule has 0 bridgehead atoms. The van der Waals surface area contributed by atoms with Crippen LogP contribution in [0.3, 0.4) is 0 Å². The lowest BCUT2D eigenvalue weighted by atomic mass is 9.93. The van der Waals surface area contributed by atoms with E-state index in [-0.39, 0.29) is 17.1 Å². The third kappa shape index (κ3) is 2.98. The van der Waals surface area contributed by atoms with Crippen LogP contribution in [0.1, 0.15) is 24.5 Å². The predicted octanol–water partition coefficient (Wildman–Crippen LogP) is -0.743.